The number of benzene rings is 3. The van der Waals surface area contributed by atoms with Crippen LogP contribution >= 0.6 is 0 Å². The molecule has 3 aromatic rings. The van der Waals surface area contributed by atoms with Gasteiger partial charge in [0.1, 0.15) is 10.7 Å². The molecule has 1 N–H and O–H groups in total. The van der Waals surface area contributed by atoms with Gasteiger partial charge in [-0.1, -0.05) is 42.5 Å². The standard InChI is InChI=1S/C21H18FNO4S/c1-15-13-17(11-12-19(15)22)28(25,26)27-20-10-6-5-9-18(20)21(24)23-14-16-7-3-2-4-8-16/h2-13H,14H2,1H3,(H,23,24). The van der Waals surface area contributed by atoms with Crippen molar-refractivity contribution < 1.29 is 21.8 Å². The molecule has 0 aliphatic carbocycles. The van der Waals surface area contributed by atoms with Crippen molar-refractivity contribution in [2.75, 3.05) is 0 Å². The molecule has 0 radical (unpaired) electrons. The highest BCUT2D eigenvalue weighted by Crippen LogP contribution is 2.24. The van der Waals surface area contributed by atoms with Crippen molar-refractivity contribution in [1.29, 1.82) is 0 Å². The minimum absolute atomic E-state index is 0.0841. The first-order chi connectivity index (χ1) is 13.4. The fourth-order valence-corrected chi connectivity index (χ4v) is 3.57. The Balaban J connectivity index is 1.81. The van der Waals surface area contributed by atoms with E-state index < -0.39 is 21.8 Å². The molecular weight excluding hydrogens is 381 g/mol. The maximum atomic E-state index is 13.4. The fourth-order valence-electron chi connectivity index (χ4n) is 2.54. The molecule has 28 heavy (non-hydrogen) atoms. The van der Waals surface area contributed by atoms with Crippen LogP contribution in [-0.2, 0) is 16.7 Å². The van der Waals surface area contributed by atoms with Crippen molar-refractivity contribution in [2.45, 2.75) is 18.4 Å². The van der Waals surface area contributed by atoms with Crippen molar-refractivity contribution in [1.82, 2.24) is 5.32 Å². The van der Waals surface area contributed by atoms with Gasteiger partial charge in [0.15, 0.2) is 5.75 Å². The van der Waals surface area contributed by atoms with Gasteiger partial charge in [-0.05, 0) is 48.4 Å². The first-order valence-electron chi connectivity index (χ1n) is 8.48. The molecule has 0 aliphatic rings. The van der Waals surface area contributed by atoms with Crippen LogP contribution in [0.25, 0.3) is 0 Å². The van der Waals surface area contributed by atoms with E-state index >= 15 is 0 Å². The Hall–Kier alpha value is -3.19. The number of amides is 1. The Bertz CT molecular complexity index is 1100. The minimum Gasteiger partial charge on any atom is -0.378 e. The smallest absolute Gasteiger partial charge is 0.339 e. The third-order valence-corrected chi connectivity index (χ3v) is 5.28. The van der Waals surface area contributed by atoms with Crippen LogP contribution in [0, 0.1) is 12.7 Å². The summed E-state index contributed by atoms with van der Waals surface area (Å²) in [6, 6.07) is 18.7. The van der Waals surface area contributed by atoms with Gasteiger partial charge < -0.3 is 9.50 Å². The third-order valence-electron chi connectivity index (χ3n) is 4.05. The van der Waals surface area contributed by atoms with E-state index in [0.717, 1.165) is 17.7 Å². The number of rotatable bonds is 6. The number of aryl methyl sites for hydroxylation is 1. The Morgan fingerprint density at radius 1 is 1.00 bits per heavy atom. The second kappa shape index (κ2) is 8.22. The average molecular weight is 399 g/mol. The van der Waals surface area contributed by atoms with Crippen LogP contribution in [-0.4, -0.2) is 14.3 Å². The second-order valence-electron chi connectivity index (χ2n) is 6.11. The summed E-state index contributed by atoms with van der Waals surface area (Å²) in [4.78, 5) is 12.3. The summed E-state index contributed by atoms with van der Waals surface area (Å²) in [5, 5.41) is 2.73. The molecule has 7 heteroatoms. The number of hydrogen-bond donors (Lipinski definition) is 1. The average Bonchev–Trinajstić information content (AvgIpc) is 2.69. The first kappa shape index (κ1) is 19.6. The summed E-state index contributed by atoms with van der Waals surface area (Å²) in [5.74, 6) is -1.08. The molecule has 0 saturated carbocycles. The van der Waals surface area contributed by atoms with Gasteiger partial charge in [-0.25, -0.2) is 4.39 Å². The van der Waals surface area contributed by atoms with E-state index in [-0.39, 0.29) is 28.3 Å². The molecule has 0 aromatic heterocycles. The zero-order chi connectivity index (χ0) is 20.1. The monoisotopic (exact) mass is 399 g/mol. The summed E-state index contributed by atoms with van der Waals surface area (Å²) in [6.45, 7) is 1.75. The molecule has 0 unspecified atom stereocenters. The summed E-state index contributed by atoms with van der Waals surface area (Å²) in [6.07, 6.45) is 0. The molecule has 1 amide bonds. The van der Waals surface area contributed by atoms with Crippen LogP contribution in [0.2, 0.25) is 0 Å². The van der Waals surface area contributed by atoms with Crippen molar-refractivity contribution in [3.63, 3.8) is 0 Å². The molecule has 0 saturated heterocycles. The zero-order valence-corrected chi connectivity index (χ0v) is 15.9. The van der Waals surface area contributed by atoms with Gasteiger partial charge in [0.2, 0.25) is 0 Å². The lowest BCUT2D eigenvalue weighted by Crippen LogP contribution is -2.24. The van der Waals surface area contributed by atoms with Crippen LogP contribution in [0.3, 0.4) is 0 Å². The predicted octanol–water partition coefficient (Wildman–Crippen LogP) is 3.83. The van der Waals surface area contributed by atoms with E-state index in [9.17, 15) is 17.6 Å². The minimum atomic E-state index is -4.22. The SMILES string of the molecule is Cc1cc(S(=O)(=O)Oc2ccccc2C(=O)NCc2ccccc2)ccc1F. The highest BCUT2D eigenvalue weighted by molar-refractivity contribution is 7.87. The van der Waals surface area contributed by atoms with Gasteiger partial charge in [-0.15, -0.1) is 0 Å². The molecule has 0 atom stereocenters. The lowest BCUT2D eigenvalue weighted by atomic mass is 10.1. The Kier molecular flexibility index (Phi) is 5.75. The number of halogens is 1. The van der Waals surface area contributed by atoms with Crippen molar-refractivity contribution in [3.05, 3.63) is 95.3 Å². The lowest BCUT2D eigenvalue weighted by Gasteiger charge is -2.12. The molecule has 5 nitrogen and oxygen atoms in total. The van der Waals surface area contributed by atoms with Gasteiger partial charge in [-0.2, -0.15) is 8.42 Å². The number of carbonyl (C=O) groups is 1. The van der Waals surface area contributed by atoms with E-state index in [2.05, 4.69) is 5.32 Å². The highest BCUT2D eigenvalue weighted by atomic mass is 32.2. The van der Waals surface area contributed by atoms with Crippen molar-refractivity contribution >= 4 is 16.0 Å². The summed E-state index contributed by atoms with van der Waals surface area (Å²) >= 11 is 0. The van der Waals surface area contributed by atoms with Gasteiger partial charge in [0.25, 0.3) is 5.91 Å². The maximum absolute atomic E-state index is 13.4. The maximum Gasteiger partial charge on any atom is 0.339 e. The number of nitrogens with one attached hydrogen (secondary N) is 1. The second-order valence-corrected chi connectivity index (χ2v) is 7.66. The summed E-state index contributed by atoms with van der Waals surface area (Å²) in [7, 11) is -4.22. The van der Waals surface area contributed by atoms with E-state index in [4.69, 9.17) is 4.18 Å². The van der Waals surface area contributed by atoms with Crippen LogP contribution < -0.4 is 9.50 Å². The topological polar surface area (TPSA) is 72.5 Å². The van der Waals surface area contributed by atoms with Crippen LogP contribution in [0.4, 0.5) is 4.39 Å². The normalized spacial score (nSPS) is 11.1. The van der Waals surface area contributed by atoms with E-state index in [1.165, 1.54) is 25.1 Å². The van der Waals surface area contributed by atoms with Crippen molar-refractivity contribution in [3.8, 4) is 5.75 Å². The first-order valence-corrected chi connectivity index (χ1v) is 9.89. The predicted molar refractivity (Wildman–Crippen MR) is 103 cm³/mol. The molecule has 0 bridgehead atoms. The third kappa shape index (κ3) is 4.55. The molecular formula is C21H18FNO4S. The molecule has 3 aromatic carbocycles. The van der Waals surface area contributed by atoms with Crippen LogP contribution in [0.15, 0.2) is 77.7 Å². The Labute approximate surface area is 162 Å². The molecule has 0 heterocycles. The number of hydrogen-bond acceptors (Lipinski definition) is 4. The van der Waals surface area contributed by atoms with Gasteiger partial charge >= 0.3 is 10.1 Å². The summed E-state index contributed by atoms with van der Waals surface area (Å²) < 4.78 is 43.7. The quantitative estimate of drug-likeness (QED) is 0.640. The lowest BCUT2D eigenvalue weighted by molar-refractivity contribution is 0.0949. The fraction of sp³-hybridized carbons (Fsp3) is 0.0952. The highest BCUT2D eigenvalue weighted by Gasteiger charge is 2.21. The molecule has 3 rings (SSSR count). The Morgan fingerprint density at radius 3 is 2.39 bits per heavy atom. The van der Waals surface area contributed by atoms with Gasteiger partial charge in [0, 0.05) is 6.54 Å². The molecule has 0 fully saturated rings. The molecule has 0 aliphatic heterocycles. The van der Waals surface area contributed by atoms with Crippen LogP contribution in [0.5, 0.6) is 5.75 Å². The van der Waals surface area contributed by atoms with E-state index in [1.807, 2.05) is 30.3 Å². The van der Waals surface area contributed by atoms with Crippen molar-refractivity contribution in [2.24, 2.45) is 0 Å². The Morgan fingerprint density at radius 2 is 1.68 bits per heavy atom. The van der Waals surface area contributed by atoms with Gasteiger partial charge in [0.05, 0.1) is 5.56 Å². The number of para-hydroxylation sites is 1. The largest absolute Gasteiger partial charge is 0.378 e. The molecule has 144 valence electrons. The van der Waals surface area contributed by atoms with Crippen LogP contribution in [0.1, 0.15) is 21.5 Å². The van der Waals surface area contributed by atoms with E-state index in [1.54, 1.807) is 12.1 Å². The van der Waals surface area contributed by atoms with E-state index in [0.29, 0.717) is 0 Å². The molecule has 0 spiro atoms. The summed E-state index contributed by atoms with van der Waals surface area (Å²) in [5.41, 5.74) is 1.17. The van der Waals surface area contributed by atoms with Gasteiger partial charge in [-0.3, -0.25) is 4.79 Å². The zero-order valence-electron chi connectivity index (χ0n) is 15.1. The number of carbonyl (C=O) groups excluding carboxylic acids is 1.